The van der Waals surface area contributed by atoms with E-state index in [4.69, 9.17) is 5.26 Å². The van der Waals surface area contributed by atoms with E-state index >= 15 is 0 Å². The average molecular weight is 230 g/mol. The molecule has 17 heavy (non-hydrogen) atoms. The Morgan fingerprint density at radius 1 is 1.35 bits per heavy atom. The van der Waals surface area contributed by atoms with E-state index in [0.29, 0.717) is 5.69 Å². The first-order valence-electron chi connectivity index (χ1n) is 5.29. The van der Waals surface area contributed by atoms with Gasteiger partial charge in [-0.2, -0.15) is 5.26 Å². The van der Waals surface area contributed by atoms with E-state index < -0.39 is 11.8 Å². The van der Waals surface area contributed by atoms with Gasteiger partial charge in [-0.1, -0.05) is 17.7 Å². The minimum Gasteiger partial charge on any atom is -0.325 e. The SMILES string of the molecule is CC(=O)C(CC#N)C(=O)Nc1ccc(C)cc1. The molecular formula is C13H14N2O2. The van der Waals surface area contributed by atoms with Gasteiger partial charge in [0.25, 0.3) is 0 Å². The molecule has 0 aromatic heterocycles. The van der Waals surface area contributed by atoms with E-state index in [0.717, 1.165) is 5.56 Å². The monoisotopic (exact) mass is 230 g/mol. The number of aryl methyl sites for hydroxylation is 1. The molecule has 0 spiro atoms. The summed E-state index contributed by atoms with van der Waals surface area (Å²) >= 11 is 0. The van der Waals surface area contributed by atoms with Crippen LogP contribution in [0.5, 0.6) is 0 Å². The molecule has 0 fully saturated rings. The lowest BCUT2D eigenvalue weighted by Gasteiger charge is -2.10. The zero-order chi connectivity index (χ0) is 12.8. The second kappa shape index (κ2) is 5.80. The molecule has 1 aromatic rings. The first kappa shape index (κ1) is 12.9. The first-order valence-corrected chi connectivity index (χ1v) is 5.29. The molecule has 0 heterocycles. The molecule has 0 aliphatic carbocycles. The van der Waals surface area contributed by atoms with Crippen LogP contribution in [0.15, 0.2) is 24.3 Å². The Labute approximate surface area is 100 Å². The molecule has 0 aliphatic rings. The van der Waals surface area contributed by atoms with E-state index in [1.165, 1.54) is 6.92 Å². The number of hydrogen-bond acceptors (Lipinski definition) is 3. The number of benzene rings is 1. The molecule has 4 heteroatoms. The van der Waals surface area contributed by atoms with Crippen molar-refractivity contribution >= 4 is 17.4 Å². The summed E-state index contributed by atoms with van der Waals surface area (Å²) in [4.78, 5) is 23.0. The average Bonchev–Trinajstić information content (AvgIpc) is 2.28. The molecule has 4 nitrogen and oxygen atoms in total. The third kappa shape index (κ3) is 3.72. The van der Waals surface area contributed by atoms with Gasteiger partial charge in [0.1, 0.15) is 11.7 Å². The fraction of sp³-hybridized carbons (Fsp3) is 0.308. The predicted octanol–water partition coefficient (Wildman–Crippen LogP) is 2.05. The molecule has 88 valence electrons. The predicted molar refractivity (Wildman–Crippen MR) is 64.2 cm³/mol. The number of rotatable bonds is 4. The van der Waals surface area contributed by atoms with Crippen molar-refractivity contribution in [2.45, 2.75) is 20.3 Å². The van der Waals surface area contributed by atoms with Gasteiger partial charge in [-0.05, 0) is 26.0 Å². The van der Waals surface area contributed by atoms with Gasteiger partial charge in [-0.25, -0.2) is 0 Å². The van der Waals surface area contributed by atoms with Gasteiger partial charge >= 0.3 is 0 Å². The fourth-order valence-corrected chi connectivity index (χ4v) is 1.38. The van der Waals surface area contributed by atoms with E-state index in [1.807, 2.05) is 25.1 Å². The Kier molecular flexibility index (Phi) is 4.41. The smallest absolute Gasteiger partial charge is 0.235 e. The quantitative estimate of drug-likeness (QED) is 0.805. The van der Waals surface area contributed by atoms with Crippen molar-refractivity contribution in [1.82, 2.24) is 0 Å². The Hall–Kier alpha value is -2.15. The maximum atomic E-state index is 11.7. The Morgan fingerprint density at radius 2 is 1.94 bits per heavy atom. The van der Waals surface area contributed by atoms with Crippen LogP contribution in [0.25, 0.3) is 0 Å². The van der Waals surface area contributed by atoms with Crippen molar-refractivity contribution in [1.29, 1.82) is 5.26 Å². The number of anilines is 1. The second-order valence-electron chi connectivity index (χ2n) is 3.88. The van der Waals surface area contributed by atoms with Crippen LogP contribution in [-0.2, 0) is 9.59 Å². The van der Waals surface area contributed by atoms with Gasteiger partial charge in [0.2, 0.25) is 5.91 Å². The van der Waals surface area contributed by atoms with Crippen molar-refractivity contribution in [3.8, 4) is 6.07 Å². The molecular weight excluding hydrogens is 216 g/mol. The molecule has 0 saturated heterocycles. The van der Waals surface area contributed by atoms with Crippen LogP contribution in [0.3, 0.4) is 0 Å². The highest BCUT2D eigenvalue weighted by atomic mass is 16.2. The van der Waals surface area contributed by atoms with Crippen LogP contribution in [0.4, 0.5) is 5.69 Å². The molecule has 1 unspecified atom stereocenters. The number of nitriles is 1. The summed E-state index contributed by atoms with van der Waals surface area (Å²) in [5.74, 6) is -1.61. The van der Waals surface area contributed by atoms with E-state index in [9.17, 15) is 9.59 Å². The maximum absolute atomic E-state index is 11.7. The third-order valence-electron chi connectivity index (χ3n) is 2.42. The summed E-state index contributed by atoms with van der Waals surface area (Å²) in [5, 5.41) is 11.2. The van der Waals surface area contributed by atoms with Crippen molar-refractivity contribution in [2.75, 3.05) is 5.32 Å². The van der Waals surface area contributed by atoms with Crippen molar-refractivity contribution in [3.63, 3.8) is 0 Å². The summed E-state index contributed by atoms with van der Waals surface area (Å²) in [6.07, 6.45) is -0.0902. The maximum Gasteiger partial charge on any atom is 0.235 e. The Balaban J connectivity index is 2.74. The zero-order valence-corrected chi connectivity index (χ0v) is 9.86. The fourth-order valence-electron chi connectivity index (χ4n) is 1.38. The van der Waals surface area contributed by atoms with Crippen molar-refractivity contribution in [3.05, 3.63) is 29.8 Å². The van der Waals surface area contributed by atoms with E-state index in [-0.39, 0.29) is 12.2 Å². The van der Waals surface area contributed by atoms with Crippen LogP contribution in [0.2, 0.25) is 0 Å². The van der Waals surface area contributed by atoms with Gasteiger partial charge < -0.3 is 5.32 Å². The molecule has 0 bridgehead atoms. The van der Waals surface area contributed by atoms with E-state index in [1.54, 1.807) is 12.1 Å². The lowest BCUT2D eigenvalue weighted by Crippen LogP contribution is -2.27. The van der Waals surface area contributed by atoms with Gasteiger partial charge in [0, 0.05) is 5.69 Å². The number of Topliss-reactive ketones (excluding diaryl/α,β-unsaturated/α-hetero) is 1. The largest absolute Gasteiger partial charge is 0.325 e. The number of nitrogens with one attached hydrogen (secondary N) is 1. The van der Waals surface area contributed by atoms with Gasteiger partial charge in [0.05, 0.1) is 12.5 Å². The minimum absolute atomic E-state index is 0.0902. The summed E-state index contributed by atoms with van der Waals surface area (Å²) in [5.41, 5.74) is 1.72. The number of carbonyl (C=O) groups is 2. The first-order chi connectivity index (χ1) is 8.04. The van der Waals surface area contributed by atoms with Crippen molar-refractivity contribution < 1.29 is 9.59 Å². The summed E-state index contributed by atoms with van der Waals surface area (Å²) in [7, 11) is 0. The third-order valence-corrected chi connectivity index (χ3v) is 2.42. The topological polar surface area (TPSA) is 70.0 Å². The van der Waals surface area contributed by atoms with Gasteiger partial charge in [0.15, 0.2) is 0 Å². The molecule has 0 aliphatic heterocycles. The molecule has 1 aromatic carbocycles. The highest BCUT2D eigenvalue weighted by Crippen LogP contribution is 2.12. The summed E-state index contributed by atoms with van der Waals surface area (Å²) in [6.45, 7) is 3.26. The Bertz CT molecular complexity index is 457. The van der Waals surface area contributed by atoms with Gasteiger partial charge in [-0.3, -0.25) is 9.59 Å². The zero-order valence-electron chi connectivity index (χ0n) is 9.86. The van der Waals surface area contributed by atoms with Crippen LogP contribution in [0, 0.1) is 24.2 Å². The molecule has 0 saturated carbocycles. The van der Waals surface area contributed by atoms with E-state index in [2.05, 4.69) is 5.32 Å². The summed E-state index contributed by atoms with van der Waals surface area (Å²) in [6, 6.07) is 9.09. The second-order valence-corrected chi connectivity index (χ2v) is 3.88. The highest BCUT2D eigenvalue weighted by molar-refractivity contribution is 6.06. The van der Waals surface area contributed by atoms with Crippen molar-refractivity contribution in [2.24, 2.45) is 5.92 Å². The van der Waals surface area contributed by atoms with Crippen LogP contribution in [-0.4, -0.2) is 11.7 Å². The molecule has 1 amide bonds. The summed E-state index contributed by atoms with van der Waals surface area (Å²) < 4.78 is 0. The number of hydrogen-bond donors (Lipinski definition) is 1. The molecule has 0 radical (unpaired) electrons. The standard InChI is InChI=1S/C13H14N2O2/c1-9-3-5-11(6-4-9)15-13(17)12(7-8-14)10(2)16/h3-6,12H,7H2,1-2H3,(H,15,17). The normalized spacial score (nSPS) is 11.4. The number of ketones is 1. The number of carbonyl (C=O) groups excluding carboxylic acids is 2. The lowest BCUT2D eigenvalue weighted by molar-refractivity contribution is -0.129. The van der Waals surface area contributed by atoms with Crippen LogP contribution >= 0.6 is 0 Å². The number of amides is 1. The molecule has 1 rings (SSSR count). The Morgan fingerprint density at radius 3 is 2.41 bits per heavy atom. The lowest BCUT2D eigenvalue weighted by atomic mass is 10.0. The van der Waals surface area contributed by atoms with Gasteiger partial charge in [-0.15, -0.1) is 0 Å². The van der Waals surface area contributed by atoms with Crippen LogP contribution in [0.1, 0.15) is 18.9 Å². The molecule has 1 N–H and O–H groups in total. The highest BCUT2D eigenvalue weighted by Gasteiger charge is 2.22. The minimum atomic E-state index is -0.888. The molecule has 1 atom stereocenters. The van der Waals surface area contributed by atoms with Crippen LogP contribution < -0.4 is 5.32 Å². The number of nitrogens with zero attached hydrogens (tertiary/aromatic N) is 1.